The number of esters is 1. The van der Waals surface area contributed by atoms with Gasteiger partial charge in [-0.2, -0.15) is 0 Å². The molecule has 1 aromatic carbocycles. The van der Waals surface area contributed by atoms with E-state index in [1.807, 2.05) is 26.0 Å². The quantitative estimate of drug-likeness (QED) is 0.637. The predicted octanol–water partition coefficient (Wildman–Crippen LogP) is 4.67. The number of nitrogens with zero attached hydrogens (tertiary/aromatic N) is 1. The Labute approximate surface area is 180 Å². The summed E-state index contributed by atoms with van der Waals surface area (Å²) in [6, 6.07) is 7.44. The molecule has 2 amide bonds. The molecule has 1 atom stereocenters. The molecule has 0 aromatic heterocycles. The van der Waals surface area contributed by atoms with Gasteiger partial charge in [0.15, 0.2) is 0 Å². The molecule has 6 nitrogen and oxygen atoms in total. The Morgan fingerprint density at radius 3 is 2.47 bits per heavy atom. The van der Waals surface area contributed by atoms with E-state index < -0.39 is 6.04 Å². The van der Waals surface area contributed by atoms with Gasteiger partial charge in [-0.1, -0.05) is 32.4 Å². The number of ether oxygens (including phenoxy) is 1. The molecular formula is C24H35N3O3. The van der Waals surface area contributed by atoms with Gasteiger partial charge in [0.1, 0.15) is 0 Å². The lowest BCUT2D eigenvalue weighted by molar-refractivity contribution is -0.143. The van der Waals surface area contributed by atoms with Crippen molar-refractivity contribution in [2.24, 2.45) is 5.92 Å². The van der Waals surface area contributed by atoms with E-state index in [4.69, 9.17) is 4.74 Å². The van der Waals surface area contributed by atoms with Gasteiger partial charge in [0.2, 0.25) is 0 Å². The molecule has 0 spiro atoms. The SMILES string of the molecule is CCCCC1=C(C(=O)OC(C)C)C(c2ccc(N3CCC(C)CC3)cc2)NC(=O)N1. The van der Waals surface area contributed by atoms with E-state index in [-0.39, 0.29) is 18.1 Å². The van der Waals surface area contributed by atoms with Crippen LogP contribution in [0.3, 0.4) is 0 Å². The van der Waals surface area contributed by atoms with Crippen LogP contribution in [0.4, 0.5) is 10.5 Å². The first-order valence-electron chi connectivity index (χ1n) is 11.3. The summed E-state index contributed by atoms with van der Waals surface area (Å²) in [5.74, 6) is 0.411. The number of rotatable bonds is 7. The summed E-state index contributed by atoms with van der Waals surface area (Å²) in [5, 5.41) is 5.77. The molecule has 1 saturated heterocycles. The van der Waals surface area contributed by atoms with Crippen molar-refractivity contribution >= 4 is 17.7 Å². The first kappa shape index (κ1) is 22.2. The smallest absolute Gasteiger partial charge is 0.338 e. The molecule has 2 heterocycles. The summed E-state index contributed by atoms with van der Waals surface area (Å²) < 4.78 is 5.52. The number of benzene rings is 1. The summed E-state index contributed by atoms with van der Waals surface area (Å²) in [6.07, 6.45) is 4.72. The van der Waals surface area contributed by atoms with Crippen molar-refractivity contribution < 1.29 is 14.3 Å². The van der Waals surface area contributed by atoms with Gasteiger partial charge in [0.05, 0.1) is 17.7 Å². The second-order valence-electron chi connectivity index (χ2n) is 8.74. The molecule has 3 rings (SSSR count). The summed E-state index contributed by atoms with van der Waals surface area (Å²) in [4.78, 5) is 27.7. The third-order valence-corrected chi connectivity index (χ3v) is 5.87. The van der Waals surface area contributed by atoms with Crippen LogP contribution in [0.2, 0.25) is 0 Å². The minimum absolute atomic E-state index is 0.223. The second-order valence-corrected chi connectivity index (χ2v) is 8.74. The number of carbonyl (C=O) groups excluding carboxylic acids is 2. The van der Waals surface area contributed by atoms with Crippen LogP contribution in [-0.2, 0) is 9.53 Å². The number of amides is 2. The van der Waals surface area contributed by atoms with Crippen molar-refractivity contribution in [3.8, 4) is 0 Å². The summed E-state index contributed by atoms with van der Waals surface area (Å²) in [7, 11) is 0. The zero-order chi connectivity index (χ0) is 21.7. The van der Waals surface area contributed by atoms with Crippen LogP contribution in [0.5, 0.6) is 0 Å². The highest BCUT2D eigenvalue weighted by atomic mass is 16.5. The first-order chi connectivity index (χ1) is 14.4. The largest absolute Gasteiger partial charge is 0.459 e. The fraction of sp³-hybridized carbons (Fsp3) is 0.583. The molecular weight excluding hydrogens is 378 g/mol. The predicted molar refractivity (Wildman–Crippen MR) is 119 cm³/mol. The Morgan fingerprint density at radius 1 is 1.20 bits per heavy atom. The maximum Gasteiger partial charge on any atom is 0.338 e. The van der Waals surface area contributed by atoms with Gasteiger partial charge in [0, 0.05) is 24.5 Å². The van der Waals surface area contributed by atoms with Crippen molar-refractivity contribution in [3.63, 3.8) is 0 Å². The number of nitrogens with one attached hydrogen (secondary N) is 2. The first-order valence-corrected chi connectivity index (χ1v) is 11.3. The Kier molecular flexibility index (Phi) is 7.40. The topological polar surface area (TPSA) is 70.7 Å². The number of hydrogen-bond donors (Lipinski definition) is 2. The summed E-state index contributed by atoms with van der Waals surface area (Å²) in [6.45, 7) is 10.2. The fourth-order valence-corrected chi connectivity index (χ4v) is 4.08. The Morgan fingerprint density at radius 2 is 1.87 bits per heavy atom. The highest BCUT2D eigenvalue weighted by molar-refractivity contribution is 5.95. The standard InChI is InChI=1S/C24H35N3O3/c1-5-6-7-20-21(23(28)30-16(2)3)22(26-24(29)25-20)18-8-10-19(11-9-18)27-14-12-17(4)13-15-27/h8-11,16-17,22H,5-7,12-15H2,1-4H3,(H2,25,26,29). The van der Waals surface area contributed by atoms with E-state index in [2.05, 4.69) is 41.5 Å². The molecule has 6 heteroatoms. The number of piperidine rings is 1. The van der Waals surface area contributed by atoms with E-state index in [1.54, 1.807) is 0 Å². The minimum Gasteiger partial charge on any atom is -0.459 e. The van der Waals surface area contributed by atoms with Crippen LogP contribution in [0.15, 0.2) is 35.5 Å². The Balaban J connectivity index is 1.88. The Hall–Kier alpha value is -2.50. The normalized spacial score (nSPS) is 20.2. The van der Waals surface area contributed by atoms with Crippen LogP contribution in [0.25, 0.3) is 0 Å². The zero-order valence-corrected chi connectivity index (χ0v) is 18.7. The lowest BCUT2D eigenvalue weighted by Gasteiger charge is -2.33. The lowest BCUT2D eigenvalue weighted by atomic mass is 9.93. The van der Waals surface area contributed by atoms with Crippen LogP contribution in [0.1, 0.15) is 71.4 Å². The van der Waals surface area contributed by atoms with Gasteiger partial charge in [-0.15, -0.1) is 0 Å². The van der Waals surface area contributed by atoms with Crippen molar-refractivity contribution in [1.82, 2.24) is 10.6 Å². The summed E-state index contributed by atoms with van der Waals surface area (Å²) in [5.41, 5.74) is 3.26. The number of urea groups is 1. The van der Waals surface area contributed by atoms with E-state index >= 15 is 0 Å². The van der Waals surface area contributed by atoms with E-state index in [1.165, 1.54) is 18.5 Å². The van der Waals surface area contributed by atoms with Gasteiger partial charge in [-0.05, 0) is 63.1 Å². The lowest BCUT2D eigenvalue weighted by Crippen LogP contribution is -2.46. The molecule has 0 bridgehead atoms. The van der Waals surface area contributed by atoms with E-state index in [9.17, 15) is 9.59 Å². The molecule has 2 aliphatic heterocycles. The monoisotopic (exact) mass is 413 g/mol. The van der Waals surface area contributed by atoms with E-state index in [0.717, 1.165) is 37.4 Å². The average Bonchev–Trinajstić information content (AvgIpc) is 2.72. The van der Waals surface area contributed by atoms with E-state index in [0.29, 0.717) is 17.7 Å². The third kappa shape index (κ3) is 5.35. The maximum absolute atomic E-state index is 12.9. The van der Waals surface area contributed by atoms with Crippen LogP contribution in [0, 0.1) is 5.92 Å². The zero-order valence-electron chi connectivity index (χ0n) is 18.7. The third-order valence-electron chi connectivity index (χ3n) is 5.87. The molecule has 0 saturated carbocycles. The molecule has 1 unspecified atom stereocenters. The molecule has 2 N–H and O–H groups in total. The van der Waals surface area contributed by atoms with Crippen molar-refractivity contribution in [2.75, 3.05) is 18.0 Å². The maximum atomic E-state index is 12.9. The second kappa shape index (κ2) is 10.0. The van der Waals surface area contributed by atoms with Crippen molar-refractivity contribution in [1.29, 1.82) is 0 Å². The Bertz CT molecular complexity index is 777. The molecule has 1 aromatic rings. The number of anilines is 1. The van der Waals surface area contributed by atoms with Crippen molar-refractivity contribution in [3.05, 3.63) is 41.1 Å². The average molecular weight is 414 g/mol. The molecule has 2 aliphatic rings. The molecule has 0 aliphatic carbocycles. The van der Waals surface area contributed by atoms with Gasteiger partial charge in [-0.25, -0.2) is 9.59 Å². The van der Waals surface area contributed by atoms with Crippen LogP contribution < -0.4 is 15.5 Å². The molecule has 30 heavy (non-hydrogen) atoms. The van der Waals surface area contributed by atoms with Gasteiger partial charge in [0.25, 0.3) is 0 Å². The van der Waals surface area contributed by atoms with Gasteiger partial charge in [-0.3, -0.25) is 0 Å². The summed E-state index contributed by atoms with van der Waals surface area (Å²) >= 11 is 0. The van der Waals surface area contributed by atoms with Crippen LogP contribution >= 0.6 is 0 Å². The number of unbranched alkanes of at least 4 members (excludes halogenated alkanes) is 1. The number of allylic oxidation sites excluding steroid dienone is 1. The number of carbonyl (C=O) groups is 2. The minimum atomic E-state index is -0.507. The van der Waals surface area contributed by atoms with Crippen LogP contribution in [-0.4, -0.2) is 31.2 Å². The molecule has 164 valence electrons. The highest BCUT2D eigenvalue weighted by Gasteiger charge is 2.34. The van der Waals surface area contributed by atoms with Gasteiger partial charge < -0.3 is 20.3 Å². The van der Waals surface area contributed by atoms with Gasteiger partial charge >= 0.3 is 12.0 Å². The van der Waals surface area contributed by atoms with Crippen molar-refractivity contribution in [2.45, 2.75) is 71.9 Å². The highest BCUT2D eigenvalue weighted by Crippen LogP contribution is 2.32. The number of hydrogen-bond acceptors (Lipinski definition) is 4. The molecule has 1 fully saturated rings. The fourth-order valence-electron chi connectivity index (χ4n) is 4.08. The molecule has 0 radical (unpaired) electrons.